The standard InChI is InChI=1S/C18H10ClF4NO4/c19-13-6-15-11(5-14(13)20)16(25)12(17(26)27)8-24(15)7-9-1-3-10(4-2-9)28-18(21,22)23/h1-6,8H,7H2,(H,26,27). The summed E-state index contributed by atoms with van der Waals surface area (Å²) in [7, 11) is 0. The van der Waals surface area contributed by atoms with Gasteiger partial charge in [-0.05, 0) is 29.8 Å². The molecule has 0 spiro atoms. The number of hydrogen-bond donors (Lipinski definition) is 1. The number of aromatic carboxylic acids is 1. The van der Waals surface area contributed by atoms with E-state index in [1.165, 1.54) is 22.8 Å². The van der Waals surface area contributed by atoms with Crippen LogP contribution < -0.4 is 10.2 Å². The minimum Gasteiger partial charge on any atom is -0.477 e. The second kappa shape index (κ2) is 7.16. The molecule has 1 heterocycles. The zero-order valence-electron chi connectivity index (χ0n) is 13.8. The highest BCUT2D eigenvalue weighted by Crippen LogP contribution is 2.25. The van der Waals surface area contributed by atoms with E-state index in [1.54, 1.807) is 0 Å². The minimum atomic E-state index is -4.83. The number of hydrogen-bond acceptors (Lipinski definition) is 3. The lowest BCUT2D eigenvalue weighted by atomic mass is 10.1. The molecular formula is C18H10ClF4NO4. The van der Waals surface area contributed by atoms with Gasteiger partial charge in [-0.2, -0.15) is 0 Å². The molecule has 0 aliphatic carbocycles. The van der Waals surface area contributed by atoms with Crippen LogP contribution in [0.3, 0.4) is 0 Å². The first-order valence-electron chi connectivity index (χ1n) is 7.65. The van der Waals surface area contributed by atoms with Crippen molar-refractivity contribution in [2.45, 2.75) is 12.9 Å². The van der Waals surface area contributed by atoms with Gasteiger partial charge in [0, 0.05) is 18.1 Å². The average Bonchev–Trinajstić information content (AvgIpc) is 2.59. The summed E-state index contributed by atoms with van der Waals surface area (Å²) in [4.78, 5) is 23.6. The smallest absolute Gasteiger partial charge is 0.477 e. The first kappa shape index (κ1) is 19.7. The van der Waals surface area contributed by atoms with Gasteiger partial charge in [0.15, 0.2) is 0 Å². The number of carboxylic acid groups (broad SMARTS) is 1. The molecule has 3 rings (SSSR count). The van der Waals surface area contributed by atoms with Crippen LogP contribution in [0.4, 0.5) is 17.6 Å². The van der Waals surface area contributed by atoms with Crippen molar-refractivity contribution in [2.24, 2.45) is 0 Å². The molecule has 2 aromatic carbocycles. The molecule has 1 aromatic heterocycles. The lowest BCUT2D eigenvalue weighted by Gasteiger charge is -2.14. The van der Waals surface area contributed by atoms with E-state index in [2.05, 4.69) is 4.74 Å². The van der Waals surface area contributed by atoms with Crippen molar-refractivity contribution in [1.82, 2.24) is 4.57 Å². The molecule has 3 aromatic rings. The fourth-order valence-corrected chi connectivity index (χ4v) is 2.82. The number of alkyl halides is 3. The van der Waals surface area contributed by atoms with Crippen molar-refractivity contribution in [3.63, 3.8) is 0 Å². The van der Waals surface area contributed by atoms with E-state index in [1.807, 2.05) is 0 Å². The van der Waals surface area contributed by atoms with Crippen molar-refractivity contribution < 1.29 is 32.2 Å². The van der Waals surface area contributed by atoms with Crippen molar-refractivity contribution >= 4 is 28.5 Å². The maximum Gasteiger partial charge on any atom is 0.573 e. The van der Waals surface area contributed by atoms with E-state index in [-0.39, 0.29) is 22.5 Å². The molecule has 0 aliphatic rings. The number of aromatic nitrogens is 1. The Balaban J connectivity index is 2.07. The number of halogens is 5. The summed E-state index contributed by atoms with van der Waals surface area (Å²) in [5.41, 5.74) is -0.789. The Hall–Kier alpha value is -3.07. The average molecular weight is 416 g/mol. The van der Waals surface area contributed by atoms with E-state index in [0.29, 0.717) is 5.56 Å². The van der Waals surface area contributed by atoms with Crippen LogP contribution in [0.25, 0.3) is 10.9 Å². The van der Waals surface area contributed by atoms with Gasteiger partial charge in [0.2, 0.25) is 5.43 Å². The Morgan fingerprint density at radius 3 is 2.39 bits per heavy atom. The number of nitrogens with zero attached hydrogens (tertiary/aromatic N) is 1. The molecule has 0 aliphatic heterocycles. The zero-order valence-corrected chi connectivity index (χ0v) is 14.5. The summed E-state index contributed by atoms with van der Waals surface area (Å²) in [6.45, 7) is -0.00861. The monoisotopic (exact) mass is 415 g/mol. The van der Waals surface area contributed by atoms with Crippen molar-refractivity contribution in [1.29, 1.82) is 0 Å². The Morgan fingerprint density at radius 1 is 1.18 bits per heavy atom. The number of carbonyl (C=O) groups is 1. The van der Waals surface area contributed by atoms with E-state index in [0.717, 1.165) is 24.4 Å². The fourth-order valence-electron chi connectivity index (χ4n) is 2.66. The van der Waals surface area contributed by atoms with E-state index < -0.39 is 34.9 Å². The Morgan fingerprint density at radius 2 is 1.82 bits per heavy atom. The highest BCUT2D eigenvalue weighted by atomic mass is 35.5. The fraction of sp³-hybridized carbons (Fsp3) is 0.111. The quantitative estimate of drug-likeness (QED) is 0.640. The lowest BCUT2D eigenvalue weighted by molar-refractivity contribution is -0.274. The van der Waals surface area contributed by atoms with Gasteiger partial charge in [0.1, 0.15) is 17.1 Å². The maximum absolute atomic E-state index is 13.8. The predicted octanol–water partition coefficient (Wildman–Crippen LogP) is 4.44. The number of ether oxygens (including phenoxy) is 1. The molecule has 0 radical (unpaired) electrons. The summed E-state index contributed by atoms with van der Waals surface area (Å²) in [5.74, 6) is -2.80. The van der Waals surface area contributed by atoms with Crippen LogP contribution in [0.2, 0.25) is 5.02 Å². The SMILES string of the molecule is O=C(O)c1cn(Cc2ccc(OC(F)(F)F)cc2)c2cc(Cl)c(F)cc2c1=O. The minimum absolute atomic E-state index is 0.00861. The van der Waals surface area contributed by atoms with Gasteiger partial charge in [0.25, 0.3) is 0 Å². The number of carboxylic acids is 1. The third kappa shape index (κ3) is 4.09. The van der Waals surface area contributed by atoms with Gasteiger partial charge >= 0.3 is 12.3 Å². The van der Waals surface area contributed by atoms with Gasteiger partial charge in [0.05, 0.1) is 10.5 Å². The summed E-state index contributed by atoms with van der Waals surface area (Å²) >= 11 is 5.77. The Bertz CT molecular complexity index is 1120. The van der Waals surface area contributed by atoms with Gasteiger partial charge in [-0.25, -0.2) is 9.18 Å². The molecule has 0 bridgehead atoms. The predicted molar refractivity (Wildman–Crippen MR) is 92.4 cm³/mol. The summed E-state index contributed by atoms with van der Waals surface area (Å²) in [6, 6.07) is 6.91. The van der Waals surface area contributed by atoms with Gasteiger partial charge in [-0.3, -0.25) is 4.79 Å². The Kier molecular flexibility index (Phi) is 5.03. The summed E-state index contributed by atoms with van der Waals surface area (Å²) in [5, 5.41) is 8.78. The van der Waals surface area contributed by atoms with Crippen molar-refractivity contribution in [3.8, 4) is 5.75 Å². The van der Waals surface area contributed by atoms with Crippen LogP contribution in [0.5, 0.6) is 5.75 Å². The molecule has 0 unspecified atom stereocenters. The van der Waals surface area contributed by atoms with Gasteiger partial charge < -0.3 is 14.4 Å². The number of rotatable bonds is 4. The van der Waals surface area contributed by atoms with Crippen LogP contribution in [-0.4, -0.2) is 22.0 Å². The molecule has 0 saturated heterocycles. The zero-order chi connectivity index (χ0) is 20.6. The van der Waals surface area contributed by atoms with Crippen LogP contribution in [0, 0.1) is 5.82 Å². The Labute approximate surface area is 159 Å². The van der Waals surface area contributed by atoms with E-state index >= 15 is 0 Å². The van der Waals surface area contributed by atoms with Crippen LogP contribution in [-0.2, 0) is 6.54 Å². The second-order valence-corrected chi connectivity index (χ2v) is 6.19. The van der Waals surface area contributed by atoms with Gasteiger partial charge in [-0.1, -0.05) is 23.7 Å². The first-order chi connectivity index (χ1) is 13.0. The molecule has 0 amide bonds. The molecule has 0 saturated carbocycles. The van der Waals surface area contributed by atoms with E-state index in [9.17, 15) is 32.3 Å². The number of benzene rings is 2. The van der Waals surface area contributed by atoms with Crippen molar-refractivity contribution in [2.75, 3.05) is 0 Å². The molecule has 146 valence electrons. The van der Waals surface area contributed by atoms with E-state index in [4.69, 9.17) is 11.6 Å². The highest BCUT2D eigenvalue weighted by Gasteiger charge is 2.31. The van der Waals surface area contributed by atoms with Crippen molar-refractivity contribution in [3.05, 3.63) is 74.8 Å². The molecule has 5 nitrogen and oxygen atoms in total. The maximum atomic E-state index is 13.8. The second-order valence-electron chi connectivity index (χ2n) is 5.78. The largest absolute Gasteiger partial charge is 0.573 e. The third-order valence-electron chi connectivity index (χ3n) is 3.86. The topological polar surface area (TPSA) is 68.5 Å². The molecule has 28 heavy (non-hydrogen) atoms. The van der Waals surface area contributed by atoms with Crippen LogP contribution >= 0.6 is 11.6 Å². The normalized spacial score (nSPS) is 11.6. The van der Waals surface area contributed by atoms with Crippen LogP contribution in [0.15, 0.2) is 47.4 Å². The summed E-state index contributed by atoms with van der Waals surface area (Å²) in [6.07, 6.45) is -3.75. The number of fused-ring (bicyclic) bond motifs is 1. The molecule has 10 heteroatoms. The third-order valence-corrected chi connectivity index (χ3v) is 4.15. The molecular weight excluding hydrogens is 406 g/mol. The first-order valence-corrected chi connectivity index (χ1v) is 8.03. The highest BCUT2D eigenvalue weighted by molar-refractivity contribution is 6.31. The lowest BCUT2D eigenvalue weighted by Crippen LogP contribution is -2.19. The molecule has 0 fully saturated rings. The summed E-state index contributed by atoms with van der Waals surface area (Å²) < 4.78 is 55.6. The van der Waals surface area contributed by atoms with Crippen LogP contribution in [0.1, 0.15) is 15.9 Å². The molecule has 1 N–H and O–H groups in total. The molecule has 0 atom stereocenters. The van der Waals surface area contributed by atoms with Gasteiger partial charge in [-0.15, -0.1) is 13.2 Å². The number of pyridine rings is 1.